The molecule has 0 unspecified atom stereocenters. The molecule has 10 heteroatoms. The summed E-state index contributed by atoms with van der Waals surface area (Å²) >= 11 is 7.17. The smallest absolute Gasteiger partial charge is 0.399 e. The minimum atomic E-state index is -0.436. The molecule has 0 saturated carbocycles. The molecule has 0 amide bonds. The molecule has 6 nitrogen and oxygen atoms in total. The molecule has 25 rings (SSSR count). The molecule has 0 aliphatic carbocycles. The Bertz CT molecular complexity index is 8670. The molecule has 1 fully saturated rings. The quantitative estimate of drug-likeness (QED) is 0.0710. The number of fused-ring (bicyclic) bond motifs is 8. The molecular formula is C128H92BBrN4O2S2. The van der Waals surface area contributed by atoms with E-state index in [1.165, 1.54) is 178 Å². The molecule has 5 heterocycles. The maximum atomic E-state index is 6.53. The van der Waals surface area contributed by atoms with Crippen molar-refractivity contribution in [2.24, 2.45) is 0 Å². The summed E-state index contributed by atoms with van der Waals surface area (Å²) in [4.78, 5) is 18.9. The first-order chi connectivity index (χ1) is 67.8. The highest BCUT2D eigenvalue weighted by atomic mass is 79.9. The van der Waals surface area contributed by atoms with Gasteiger partial charge in [-0.2, -0.15) is 0 Å². The van der Waals surface area contributed by atoms with Gasteiger partial charge in [-0.05, 0) is 337 Å². The lowest BCUT2D eigenvalue weighted by atomic mass is 9.76. The Balaban J connectivity index is 0.000000124. The average Bonchev–Trinajstić information content (AvgIpc) is 1.02. The summed E-state index contributed by atoms with van der Waals surface area (Å²) in [6.07, 6.45) is 3.69. The van der Waals surface area contributed by atoms with E-state index in [9.17, 15) is 0 Å². The SMILES string of the molecule is Brc1ccc(N(c2cccc(-c3ccc(-c4ccccc4)s3)c2)c2ccccn2)cc1.CC1(C)OB(c2ccc3c(-c4ccc5ccccc5c4)c4ccccc4c(-c4ccc5ccccc5c4)c3c2)OC1(C)C.c1ccc(-c2ccc(-c3cccc(N(c4ccc(-c5ccc6c(-c7ccc8ccccc8c7)c7ccccc7c(-c7ccc8ccccc8c7)c6c5)cc4)c4ccccn4)c3)s2)cc1. The zero-order valence-electron chi connectivity index (χ0n) is 76.6. The maximum Gasteiger partial charge on any atom is 0.494 e. The minimum absolute atomic E-state index is 0.409. The van der Waals surface area contributed by atoms with Gasteiger partial charge < -0.3 is 9.31 Å². The van der Waals surface area contributed by atoms with Gasteiger partial charge in [0.25, 0.3) is 0 Å². The van der Waals surface area contributed by atoms with Gasteiger partial charge in [-0.3, -0.25) is 9.80 Å². The minimum Gasteiger partial charge on any atom is -0.399 e. The number of benzene rings is 20. The summed E-state index contributed by atoms with van der Waals surface area (Å²) in [6.45, 7) is 8.44. The van der Waals surface area contributed by atoms with Crippen LogP contribution in [-0.2, 0) is 9.31 Å². The largest absolute Gasteiger partial charge is 0.494 e. The third-order valence-corrected chi connectivity index (χ3v) is 30.1. The lowest BCUT2D eigenvalue weighted by molar-refractivity contribution is 0.00578. The van der Waals surface area contributed by atoms with Gasteiger partial charge in [-0.25, -0.2) is 9.97 Å². The summed E-state index contributed by atoms with van der Waals surface area (Å²) in [5.74, 6) is 1.75. The molecule has 0 bridgehead atoms. The van der Waals surface area contributed by atoms with E-state index in [2.05, 4.69) is 507 Å². The van der Waals surface area contributed by atoms with Gasteiger partial charge in [0, 0.05) is 59.1 Å². The molecule has 0 spiro atoms. The van der Waals surface area contributed by atoms with Crippen molar-refractivity contribution in [3.05, 3.63) is 490 Å². The first-order valence-corrected chi connectivity index (χ1v) is 49.3. The van der Waals surface area contributed by atoms with E-state index in [1.54, 1.807) is 0 Å². The molecule has 0 atom stereocenters. The van der Waals surface area contributed by atoms with Crippen molar-refractivity contribution in [2.45, 2.75) is 38.9 Å². The zero-order valence-corrected chi connectivity index (χ0v) is 79.8. The summed E-state index contributed by atoms with van der Waals surface area (Å²) in [5.41, 5.74) is 21.5. The third-order valence-electron chi connectivity index (χ3n) is 27.2. The predicted molar refractivity (Wildman–Crippen MR) is 592 cm³/mol. The molecule has 0 N–H and O–H groups in total. The fraction of sp³-hybridized carbons (Fsp3) is 0.0469. The molecule has 658 valence electrons. The van der Waals surface area contributed by atoms with Crippen LogP contribution in [0.1, 0.15) is 27.7 Å². The van der Waals surface area contributed by atoms with Crippen LogP contribution in [0.5, 0.6) is 0 Å². The number of hydrogen-bond donors (Lipinski definition) is 0. The van der Waals surface area contributed by atoms with Crippen molar-refractivity contribution >= 4 is 172 Å². The van der Waals surface area contributed by atoms with Gasteiger partial charge >= 0.3 is 7.12 Å². The monoisotopic (exact) mass is 1870 g/mol. The Hall–Kier alpha value is -15.8. The van der Waals surface area contributed by atoms with Crippen LogP contribution in [-0.4, -0.2) is 28.3 Å². The van der Waals surface area contributed by atoms with Crippen molar-refractivity contribution < 1.29 is 9.31 Å². The lowest BCUT2D eigenvalue weighted by Crippen LogP contribution is -2.41. The van der Waals surface area contributed by atoms with Gasteiger partial charge in [0.1, 0.15) is 11.6 Å². The van der Waals surface area contributed by atoms with E-state index in [4.69, 9.17) is 14.3 Å². The fourth-order valence-corrected chi connectivity index (χ4v) is 21.9. The summed E-state index contributed by atoms with van der Waals surface area (Å²) in [5, 5.41) is 19.8. The van der Waals surface area contributed by atoms with Crippen LogP contribution >= 0.6 is 38.6 Å². The number of hydrogen-bond acceptors (Lipinski definition) is 8. The molecule has 20 aromatic carbocycles. The Morgan fingerprint density at radius 2 is 0.536 bits per heavy atom. The first kappa shape index (κ1) is 86.4. The van der Waals surface area contributed by atoms with E-state index < -0.39 is 18.3 Å². The van der Waals surface area contributed by atoms with Gasteiger partial charge in [0.2, 0.25) is 0 Å². The Morgan fingerprint density at radius 1 is 0.225 bits per heavy atom. The van der Waals surface area contributed by atoms with Gasteiger partial charge in [-0.15, -0.1) is 22.7 Å². The highest BCUT2D eigenvalue weighted by molar-refractivity contribution is 9.10. The van der Waals surface area contributed by atoms with E-state index in [1.807, 2.05) is 59.3 Å². The Kier molecular flexibility index (Phi) is 23.2. The summed E-state index contributed by atoms with van der Waals surface area (Å²) < 4.78 is 14.1. The maximum absolute atomic E-state index is 6.53. The van der Waals surface area contributed by atoms with Gasteiger partial charge in [0.05, 0.1) is 11.2 Å². The van der Waals surface area contributed by atoms with E-state index in [-0.39, 0.29) is 0 Å². The number of thiophene rings is 2. The van der Waals surface area contributed by atoms with Crippen LogP contribution in [0.15, 0.2) is 490 Å². The normalized spacial score (nSPS) is 12.7. The highest BCUT2D eigenvalue weighted by Gasteiger charge is 2.52. The van der Waals surface area contributed by atoms with Crippen molar-refractivity contribution in [1.82, 2.24) is 9.97 Å². The number of aromatic nitrogens is 2. The zero-order chi connectivity index (χ0) is 92.8. The average molecular weight is 1870 g/mol. The van der Waals surface area contributed by atoms with Crippen LogP contribution in [0, 0.1) is 0 Å². The molecule has 1 saturated heterocycles. The highest BCUT2D eigenvalue weighted by Crippen LogP contribution is 2.51. The number of pyridine rings is 2. The fourth-order valence-electron chi connectivity index (χ4n) is 19.6. The van der Waals surface area contributed by atoms with E-state index in [0.29, 0.717) is 0 Å². The number of nitrogens with zero attached hydrogens (tertiary/aromatic N) is 4. The Morgan fingerprint density at radius 3 is 0.928 bits per heavy atom. The van der Waals surface area contributed by atoms with Crippen LogP contribution < -0.4 is 15.3 Å². The molecule has 1 aliphatic rings. The van der Waals surface area contributed by atoms with E-state index >= 15 is 0 Å². The molecule has 4 aromatic heterocycles. The number of anilines is 6. The van der Waals surface area contributed by atoms with Crippen LogP contribution in [0.4, 0.5) is 34.4 Å². The van der Waals surface area contributed by atoms with Gasteiger partial charge in [-0.1, -0.05) is 350 Å². The molecule has 24 aromatic rings. The van der Waals surface area contributed by atoms with Crippen LogP contribution in [0.2, 0.25) is 0 Å². The molecular weight excluding hydrogens is 1780 g/mol. The number of rotatable bonds is 16. The second kappa shape index (κ2) is 37.1. The second-order valence-corrected chi connectivity index (χ2v) is 39.3. The third kappa shape index (κ3) is 17.0. The van der Waals surface area contributed by atoms with Crippen molar-refractivity contribution in [2.75, 3.05) is 9.80 Å². The first-order valence-electron chi connectivity index (χ1n) is 46.9. The summed E-state index contributed by atoms with van der Waals surface area (Å²) in [7, 11) is -0.436. The Labute approximate surface area is 820 Å². The predicted octanol–water partition coefficient (Wildman–Crippen LogP) is 36.2. The molecule has 138 heavy (non-hydrogen) atoms. The molecule has 1 aliphatic heterocycles. The van der Waals surface area contributed by atoms with Crippen LogP contribution in [0.25, 0.3) is 184 Å². The topological polar surface area (TPSA) is 50.7 Å². The van der Waals surface area contributed by atoms with Crippen LogP contribution in [0.3, 0.4) is 0 Å². The summed E-state index contributed by atoms with van der Waals surface area (Å²) in [6, 6.07) is 170. The van der Waals surface area contributed by atoms with Crippen molar-refractivity contribution in [1.29, 1.82) is 0 Å². The van der Waals surface area contributed by atoms with Gasteiger partial charge in [0.15, 0.2) is 0 Å². The number of halogens is 1. The second-order valence-electron chi connectivity index (χ2n) is 36.2. The lowest BCUT2D eigenvalue weighted by Gasteiger charge is -2.32. The molecule has 0 radical (unpaired) electrons. The van der Waals surface area contributed by atoms with E-state index in [0.717, 1.165) is 49.9 Å². The standard InChI is InChI=1S/C61H40N2S.C40H33BO2.C27H19BrN2S/c1-2-15-44(16-3-1)57-34-35-58(64-57)48-19-12-20-52(39-48)63(59-23-10-11-36-62-59)51-31-28-43(29-32-51)47-30-33-55-56(40-47)61(50-27-25-42-14-5-7-18-46(42)38-50)54-22-9-8-21-53(54)60(55)49-26-24-41-13-4-6-17-45(41)37-49;1-39(2)40(3,4)43-41(42-39)32-21-22-35-36(25-32)38(31-20-18-27-12-6-8-14-29(27)24-31)34-16-10-9-15-33(34)37(35)30-19-17-26-11-5-7-13-28(26)23-30;28-22-12-14-23(15-13-22)30(27-11-4-5-18-29-27)24-10-6-9-21(19-24)26-17-16-25(31-26)20-7-2-1-3-8-20/h1-40H;5-25H,1-4H3;1-19H. The van der Waals surface area contributed by atoms with Crippen molar-refractivity contribution in [3.63, 3.8) is 0 Å². The van der Waals surface area contributed by atoms with Crippen molar-refractivity contribution in [3.8, 4) is 97.4 Å².